The smallest absolute Gasteiger partial charge is 0.213 e. The monoisotopic (exact) mass is 398 g/mol. The highest BCUT2D eigenvalue weighted by Gasteiger charge is 2.32. The van der Waals surface area contributed by atoms with Gasteiger partial charge in [0.25, 0.3) is 0 Å². The highest BCUT2D eigenvalue weighted by Crippen LogP contribution is 2.40. The van der Waals surface area contributed by atoms with Crippen LogP contribution in [0.4, 0.5) is 11.6 Å². The topological polar surface area (TPSA) is 113 Å². The van der Waals surface area contributed by atoms with Gasteiger partial charge in [-0.3, -0.25) is 4.98 Å². The SMILES string of the molecule is COc1cccc(C(c2ccccn2)C(c2cccc(N)n2)c2cccc(N)n2)n1. The zero-order valence-electron chi connectivity index (χ0n) is 16.5. The molecule has 0 spiro atoms. The number of aromatic nitrogens is 4. The first-order valence-electron chi connectivity index (χ1n) is 9.52. The Labute approximate surface area is 174 Å². The Morgan fingerprint density at radius 3 is 1.70 bits per heavy atom. The largest absolute Gasteiger partial charge is 0.481 e. The average Bonchev–Trinajstić information content (AvgIpc) is 2.78. The van der Waals surface area contributed by atoms with Crippen LogP contribution in [0.25, 0.3) is 0 Å². The number of methoxy groups -OCH3 is 1. The van der Waals surface area contributed by atoms with Gasteiger partial charge in [0.05, 0.1) is 41.7 Å². The molecule has 4 rings (SSSR count). The van der Waals surface area contributed by atoms with E-state index in [2.05, 4.69) is 15.0 Å². The summed E-state index contributed by atoms with van der Waals surface area (Å²) in [6, 6.07) is 22.6. The number of rotatable bonds is 6. The van der Waals surface area contributed by atoms with Gasteiger partial charge in [0, 0.05) is 12.3 Å². The number of pyridine rings is 4. The maximum Gasteiger partial charge on any atom is 0.213 e. The van der Waals surface area contributed by atoms with E-state index in [1.54, 1.807) is 25.4 Å². The molecule has 0 amide bonds. The summed E-state index contributed by atoms with van der Waals surface area (Å²) in [7, 11) is 1.60. The van der Waals surface area contributed by atoms with Crippen molar-refractivity contribution in [2.75, 3.05) is 18.6 Å². The second-order valence-electron chi connectivity index (χ2n) is 6.79. The zero-order chi connectivity index (χ0) is 20.9. The molecule has 1 atom stereocenters. The van der Waals surface area contributed by atoms with Crippen LogP contribution in [0.2, 0.25) is 0 Å². The molecule has 7 heteroatoms. The number of hydrogen-bond donors (Lipinski definition) is 2. The van der Waals surface area contributed by atoms with Gasteiger partial charge in [-0.25, -0.2) is 15.0 Å². The van der Waals surface area contributed by atoms with E-state index in [1.165, 1.54) is 0 Å². The van der Waals surface area contributed by atoms with Crippen LogP contribution in [-0.4, -0.2) is 27.0 Å². The van der Waals surface area contributed by atoms with Crippen molar-refractivity contribution in [1.82, 2.24) is 19.9 Å². The first kappa shape index (κ1) is 19.3. The Hall–Kier alpha value is -4.00. The number of nitrogen functional groups attached to an aromatic ring is 2. The van der Waals surface area contributed by atoms with Crippen molar-refractivity contribution >= 4 is 11.6 Å². The van der Waals surface area contributed by atoms with Gasteiger partial charge in [-0.1, -0.05) is 24.3 Å². The molecule has 0 aliphatic rings. The van der Waals surface area contributed by atoms with Crippen LogP contribution in [0.15, 0.2) is 79.0 Å². The summed E-state index contributed by atoms with van der Waals surface area (Å²) in [4.78, 5) is 18.5. The molecule has 0 aliphatic heterocycles. The molecule has 0 aliphatic carbocycles. The van der Waals surface area contributed by atoms with E-state index >= 15 is 0 Å². The van der Waals surface area contributed by atoms with E-state index in [0.717, 1.165) is 22.8 Å². The molecule has 0 radical (unpaired) electrons. The molecule has 0 saturated heterocycles. The van der Waals surface area contributed by atoms with E-state index in [4.69, 9.17) is 21.2 Å². The van der Waals surface area contributed by atoms with Crippen molar-refractivity contribution in [1.29, 1.82) is 0 Å². The lowest BCUT2D eigenvalue weighted by atomic mass is 9.81. The summed E-state index contributed by atoms with van der Waals surface area (Å²) in [6.07, 6.45) is 1.76. The first-order chi connectivity index (χ1) is 14.7. The zero-order valence-corrected chi connectivity index (χ0v) is 16.5. The lowest BCUT2D eigenvalue weighted by Crippen LogP contribution is -2.19. The molecular formula is C23H22N6O. The molecule has 0 saturated carbocycles. The van der Waals surface area contributed by atoms with Crippen LogP contribution in [0.3, 0.4) is 0 Å². The molecule has 0 aromatic carbocycles. The summed E-state index contributed by atoms with van der Waals surface area (Å²) in [5, 5.41) is 0. The summed E-state index contributed by atoms with van der Waals surface area (Å²) in [6.45, 7) is 0. The van der Waals surface area contributed by atoms with Crippen molar-refractivity contribution < 1.29 is 4.74 Å². The Morgan fingerprint density at radius 2 is 1.17 bits per heavy atom. The van der Waals surface area contributed by atoms with Gasteiger partial charge in [-0.2, -0.15) is 0 Å². The molecule has 4 aromatic heterocycles. The van der Waals surface area contributed by atoms with Gasteiger partial charge >= 0.3 is 0 Å². The minimum absolute atomic E-state index is 0.287. The van der Waals surface area contributed by atoms with Gasteiger partial charge in [0.1, 0.15) is 11.6 Å². The average molecular weight is 398 g/mol. The van der Waals surface area contributed by atoms with Crippen molar-refractivity contribution in [3.05, 3.63) is 102 Å². The fraction of sp³-hybridized carbons (Fsp3) is 0.130. The number of anilines is 2. The molecule has 7 nitrogen and oxygen atoms in total. The van der Waals surface area contributed by atoms with Gasteiger partial charge in [-0.15, -0.1) is 0 Å². The highest BCUT2D eigenvalue weighted by atomic mass is 16.5. The summed E-state index contributed by atoms with van der Waals surface area (Å²) in [5.74, 6) is 0.782. The van der Waals surface area contributed by atoms with Crippen LogP contribution >= 0.6 is 0 Å². The third kappa shape index (κ3) is 4.05. The van der Waals surface area contributed by atoms with E-state index in [9.17, 15) is 0 Å². The molecule has 150 valence electrons. The van der Waals surface area contributed by atoms with Crippen molar-refractivity contribution in [2.24, 2.45) is 0 Å². The van der Waals surface area contributed by atoms with E-state index < -0.39 is 0 Å². The van der Waals surface area contributed by atoms with Crippen LogP contribution in [0.5, 0.6) is 5.88 Å². The summed E-state index contributed by atoms with van der Waals surface area (Å²) in [5.41, 5.74) is 15.2. The van der Waals surface area contributed by atoms with Crippen molar-refractivity contribution in [2.45, 2.75) is 11.8 Å². The highest BCUT2D eigenvalue weighted by molar-refractivity contribution is 5.42. The maximum atomic E-state index is 6.02. The van der Waals surface area contributed by atoms with Gasteiger partial charge in [0.15, 0.2) is 0 Å². The molecule has 4 N–H and O–H groups in total. The molecule has 4 aromatic rings. The Balaban J connectivity index is 1.97. The fourth-order valence-corrected chi connectivity index (χ4v) is 3.55. The second-order valence-corrected chi connectivity index (χ2v) is 6.79. The van der Waals surface area contributed by atoms with Crippen LogP contribution in [-0.2, 0) is 0 Å². The third-order valence-electron chi connectivity index (χ3n) is 4.83. The first-order valence-corrected chi connectivity index (χ1v) is 9.52. The Bertz CT molecular complexity index is 1090. The van der Waals surface area contributed by atoms with Crippen LogP contribution < -0.4 is 16.2 Å². The lowest BCUT2D eigenvalue weighted by molar-refractivity contribution is 0.395. The standard InChI is InChI=1S/C23H22N6O/c1-30-21-13-6-10-18(29-21)22(15-7-2-3-14-26-15)23(16-8-4-11-19(24)27-16)17-9-5-12-20(25)28-17/h2-14,22-23H,1H3,(H2,24,27)(H2,25,28). The number of nitrogens with zero attached hydrogens (tertiary/aromatic N) is 4. The van der Waals surface area contributed by atoms with E-state index in [-0.39, 0.29) is 11.8 Å². The molecule has 0 bridgehead atoms. The second kappa shape index (κ2) is 8.57. The quantitative estimate of drug-likeness (QED) is 0.512. The molecular weight excluding hydrogens is 376 g/mol. The minimum Gasteiger partial charge on any atom is -0.481 e. The summed E-state index contributed by atoms with van der Waals surface area (Å²) < 4.78 is 5.37. The molecule has 1 unspecified atom stereocenters. The normalized spacial score (nSPS) is 11.9. The molecule has 4 heterocycles. The maximum absolute atomic E-state index is 6.02. The van der Waals surface area contributed by atoms with Crippen molar-refractivity contribution in [3.8, 4) is 5.88 Å². The van der Waals surface area contributed by atoms with E-state index in [1.807, 2.05) is 60.7 Å². The predicted octanol–water partition coefficient (Wildman–Crippen LogP) is 3.40. The Morgan fingerprint density at radius 1 is 0.633 bits per heavy atom. The van der Waals surface area contributed by atoms with Gasteiger partial charge in [-0.05, 0) is 42.5 Å². The molecule has 30 heavy (non-hydrogen) atoms. The lowest BCUT2D eigenvalue weighted by Gasteiger charge is -2.26. The van der Waals surface area contributed by atoms with Crippen LogP contribution in [0.1, 0.15) is 34.6 Å². The van der Waals surface area contributed by atoms with E-state index in [0.29, 0.717) is 17.5 Å². The Kier molecular flexibility index (Phi) is 5.52. The summed E-state index contributed by atoms with van der Waals surface area (Å²) >= 11 is 0. The third-order valence-corrected chi connectivity index (χ3v) is 4.83. The van der Waals surface area contributed by atoms with Crippen molar-refractivity contribution in [3.63, 3.8) is 0 Å². The molecule has 0 fully saturated rings. The van der Waals surface area contributed by atoms with Gasteiger partial charge < -0.3 is 16.2 Å². The number of ether oxygens (including phenoxy) is 1. The predicted molar refractivity (Wildman–Crippen MR) is 116 cm³/mol. The fourth-order valence-electron chi connectivity index (χ4n) is 3.55. The number of nitrogens with two attached hydrogens (primary N) is 2. The minimum atomic E-state index is -0.313. The van der Waals surface area contributed by atoms with Gasteiger partial charge in [0.2, 0.25) is 5.88 Å². The van der Waals surface area contributed by atoms with Crippen LogP contribution in [0, 0.1) is 0 Å². The number of hydrogen-bond acceptors (Lipinski definition) is 7.